The fourth-order valence-corrected chi connectivity index (χ4v) is 3.62. The minimum absolute atomic E-state index is 0.152. The van der Waals surface area contributed by atoms with Crippen LogP contribution >= 0.6 is 0 Å². The van der Waals surface area contributed by atoms with Crippen molar-refractivity contribution in [1.82, 2.24) is 9.78 Å². The van der Waals surface area contributed by atoms with Crippen LogP contribution in [0.25, 0.3) is 5.69 Å². The maximum Gasteiger partial charge on any atom is 0.168 e. The van der Waals surface area contributed by atoms with Gasteiger partial charge in [-0.3, -0.25) is 4.79 Å². The van der Waals surface area contributed by atoms with Gasteiger partial charge in [-0.2, -0.15) is 0 Å². The number of nitrogens with one attached hydrogen (secondary N) is 1. The Hall–Kier alpha value is -3.08. The van der Waals surface area contributed by atoms with E-state index in [1.165, 1.54) is 0 Å². The molecule has 1 atom stereocenters. The molecule has 1 N–H and O–H groups in total. The van der Waals surface area contributed by atoms with E-state index in [1.807, 2.05) is 60.1 Å². The van der Waals surface area contributed by atoms with E-state index in [1.54, 1.807) is 7.11 Å². The van der Waals surface area contributed by atoms with E-state index < -0.39 is 0 Å². The van der Waals surface area contributed by atoms with Crippen molar-refractivity contribution < 1.29 is 9.53 Å². The molecule has 2 aromatic carbocycles. The zero-order valence-electron chi connectivity index (χ0n) is 15.8. The van der Waals surface area contributed by atoms with Gasteiger partial charge in [0.1, 0.15) is 5.75 Å². The van der Waals surface area contributed by atoms with Crippen LogP contribution in [-0.2, 0) is 6.42 Å². The van der Waals surface area contributed by atoms with Gasteiger partial charge >= 0.3 is 0 Å². The molecule has 1 heterocycles. The van der Waals surface area contributed by atoms with Crippen LogP contribution < -0.4 is 10.1 Å². The number of fused-ring (bicyclic) bond motifs is 1. The lowest BCUT2D eigenvalue weighted by atomic mass is 9.87. The third kappa shape index (κ3) is 3.21. The van der Waals surface area contributed by atoms with Crippen molar-refractivity contribution in [3.8, 4) is 11.4 Å². The number of anilines is 2. The molecule has 27 heavy (non-hydrogen) atoms. The van der Waals surface area contributed by atoms with Gasteiger partial charge in [-0.25, -0.2) is 4.68 Å². The predicted molar refractivity (Wildman–Crippen MR) is 106 cm³/mol. The minimum Gasteiger partial charge on any atom is -0.497 e. The van der Waals surface area contributed by atoms with Crippen molar-refractivity contribution in [1.29, 1.82) is 0 Å². The lowest BCUT2D eigenvalue weighted by Crippen LogP contribution is -2.19. The summed E-state index contributed by atoms with van der Waals surface area (Å²) in [5, 5.41) is 8.16. The maximum absolute atomic E-state index is 12.8. The van der Waals surface area contributed by atoms with Crippen LogP contribution in [0.15, 0.2) is 48.5 Å². The number of ether oxygens (including phenoxy) is 1. The second kappa shape index (κ2) is 6.91. The molecule has 3 aromatic rings. The molecule has 138 valence electrons. The fraction of sp³-hybridized carbons (Fsp3) is 0.273. The number of ketones is 1. The van der Waals surface area contributed by atoms with Crippen LogP contribution in [0.1, 0.15) is 35.0 Å². The highest BCUT2D eigenvalue weighted by Gasteiger charge is 2.31. The highest BCUT2D eigenvalue weighted by atomic mass is 16.5. The average molecular weight is 361 g/mol. The Morgan fingerprint density at radius 2 is 1.85 bits per heavy atom. The summed E-state index contributed by atoms with van der Waals surface area (Å²) in [5.41, 5.74) is 4.69. The molecule has 0 bridgehead atoms. The average Bonchev–Trinajstić information content (AvgIpc) is 3.02. The van der Waals surface area contributed by atoms with E-state index in [0.29, 0.717) is 23.7 Å². The molecule has 5 heteroatoms. The summed E-state index contributed by atoms with van der Waals surface area (Å²) in [5.74, 6) is 1.89. The Morgan fingerprint density at radius 1 is 1.11 bits per heavy atom. The molecule has 0 radical (unpaired) electrons. The molecular weight excluding hydrogens is 338 g/mol. The lowest BCUT2D eigenvalue weighted by molar-refractivity contribution is 0.0953. The van der Waals surface area contributed by atoms with Gasteiger partial charge in [-0.15, -0.1) is 5.10 Å². The SMILES string of the molecule is COc1ccc(-n2nc(Nc3ccccc3C)c3c2C[C@H](C)CC3=O)cc1. The van der Waals surface area contributed by atoms with E-state index in [4.69, 9.17) is 9.84 Å². The Morgan fingerprint density at radius 3 is 2.56 bits per heavy atom. The first-order chi connectivity index (χ1) is 13.1. The standard InChI is InChI=1S/C22H23N3O2/c1-14-12-19-21(20(26)13-14)22(23-18-7-5-4-6-15(18)2)24-25(19)16-8-10-17(27-3)11-9-16/h4-11,14H,12-13H2,1-3H3,(H,23,24)/t14-/m0/s1. The summed E-state index contributed by atoms with van der Waals surface area (Å²) in [6.45, 7) is 4.15. The van der Waals surface area contributed by atoms with Gasteiger partial charge in [-0.1, -0.05) is 25.1 Å². The number of aromatic nitrogens is 2. The summed E-state index contributed by atoms with van der Waals surface area (Å²) in [6, 6.07) is 15.8. The molecule has 1 aliphatic carbocycles. The molecule has 0 saturated carbocycles. The largest absolute Gasteiger partial charge is 0.497 e. The van der Waals surface area contributed by atoms with Crippen molar-refractivity contribution >= 4 is 17.3 Å². The highest BCUT2D eigenvalue weighted by Crippen LogP contribution is 2.34. The summed E-state index contributed by atoms with van der Waals surface area (Å²) in [6.07, 6.45) is 1.39. The molecule has 0 saturated heterocycles. The normalized spacial score (nSPS) is 16.1. The summed E-state index contributed by atoms with van der Waals surface area (Å²) in [4.78, 5) is 12.8. The number of carbonyl (C=O) groups excluding carboxylic acids is 1. The van der Waals surface area contributed by atoms with Gasteiger partial charge in [0.05, 0.1) is 24.1 Å². The Kier molecular flexibility index (Phi) is 4.44. The van der Waals surface area contributed by atoms with Crippen LogP contribution in [0, 0.1) is 12.8 Å². The molecule has 4 rings (SSSR count). The van der Waals surface area contributed by atoms with Crippen LogP contribution in [0.3, 0.4) is 0 Å². The van der Waals surface area contributed by atoms with Gasteiger partial charge in [0.25, 0.3) is 0 Å². The van der Waals surface area contributed by atoms with Gasteiger partial charge < -0.3 is 10.1 Å². The number of hydrogen-bond donors (Lipinski definition) is 1. The van der Waals surface area contributed by atoms with Gasteiger partial charge in [0.15, 0.2) is 11.6 Å². The van der Waals surface area contributed by atoms with Crippen LogP contribution in [-0.4, -0.2) is 22.7 Å². The number of para-hydroxylation sites is 1. The smallest absolute Gasteiger partial charge is 0.168 e. The molecule has 1 aliphatic rings. The molecule has 0 spiro atoms. The van der Waals surface area contributed by atoms with E-state index in [-0.39, 0.29) is 5.78 Å². The van der Waals surface area contributed by atoms with Gasteiger partial charge in [0, 0.05) is 12.1 Å². The Labute approximate surface area is 159 Å². The summed E-state index contributed by atoms with van der Waals surface area (Å²) in [7, 11) is 1.65. The zero-order valence-corrected chi connectivity index (χ0v) is 15.8. The number of Topliss-reactive ketones (excluding diaryl/α,β-unsaturated/α-hetero) is 1. The predicted octanol–water partition coefficient (Wildman–Crippen LogP) is 4.70. The van der Waals surface area contributed by atoms with Crippen LogP contribution in [0.5, 0.6) is 5.75 Å². The number of benzene rings is 2. The topological polar surface area (TPSA) is 56.1 Å². The van der Waals surface area contributed by atoms with E-state index in [9.17, 15) is 4.79 Å². The van der Waals surface area contributed by atoms with E-state index in [2.05, 4.69) is 12.2 Å². The van der Waals surface area contributed by atoms with Crippen molar-refractivity contribution in [3.05, 3.63) is 65.4 Å². The maximum atomic E-state index is 12.8. The molecule has 0 unspecified atom stereocenters. The molecule has 0 amide bonds. The molecule has 0 fully saturated rings. The first-order valence-electron chi connectivity index (χ1n) is 9.19. The Balaban J connectivity index is 1.82. The third-order valence-corrected chi connectivity index (χ3v) is 5.05. The number of nitrogens with zero attached hydrogens (tertiary/aromatic N) is 2. The second-order valence-corrected chi connectivity index (χ2v) is 7.16. The van der Waals surface area contributed by atoms with Gasteiger partial charge in [-0.05, 0) is 55.2 Å². The number of rotatable bonds is 4. The molecule has 5 nitrogen and oxygen atoms in total. The van der Waals surface area contributed by atoms with Crippen molar-refractivity contribution in [2.24, 2.45) is 5.92 Å². The number of aryl methyl sites for hydroxylation is 1. The fourth-order valence-electron chi connectivity index (χ4n) is 3.62. The first-order valence-corrected chi connectivity index (χ1v) is 9.19. The van der Waals surface area contributed by atoms with Crippen molar-refractivity contribution in [3.63, 3.8) is 0 Å². The zero-order chi connectivity index (χ0) is 19.0. The highest BCUT2D eigenvalue weighted by molar-refractivity contribution is 6.03. The quantitative estimate of drug-likeness (QED) is 0.732. The number of hydrogen-bond acceptors (Lipinski definition) is 4. The molecule has 0 aliphatic heterocycles. The van der Waals surface area contributed by atoms with Crippen LogP contribution in [0.2, 0.25) is 0 Å². The molecule has 1 aromatic heterocycles. The summed E-state index contributed by atoms with van der Waals surface area (Å²) < 4.78 is 7.14. The van der Waals surface area contributed by atoms with Crippen molar-refractivity contribution in [2.75, 3.05) is 12.4 Å². The minimum atomic E-state index is 0.152. The first kappa shape index (κ1) is 17.3. The number of methoxy groups -OCH3 is 1. The van der Waals surface area contributed by atoms with Crippen molar-refractivity contribution in [2.45, 2.75) is 26.7 Å². The third-order valence-electron chi connectivity index (χ3n) is 5.05. The van der Waals surface area contributed by atoms with E-state index >= 15 is 0 Å². The lowest BCUT2D eigenvalue weighted by Gasteiger charge is -2.19. The van der Waals surface area contributed by atoms with Crippen LogP contribution in [0.4, 0.5) is 11.5 Å². The summed E-state index contributed by atoms with van der Waals surface area (Å²) >= 11 is 0. The van der Waals surface area contributed by atoms with Gasteiger partial charge in [0.2, 0.25) is 0 Å². The molecular formula is C22H23N3O2. The second-order valence-electron chi connectivity index (χ2n) is 7.16. The van der Waals surface area contributed by atoms with E-state index in [0.717, 1.165) is 34.8 Å². The Bertz CT molecular complexity index is 989. The monoisotopic (exact) mass is 361 g/mol. The number of carbonyl (C=O) groups is 1.